The molecule has 1 aromatic heterocycles. The number of carbonyl (C=O) groups excluding carboxylic acids is 2. The Labute approximate surface area is 212 Å². The van der Waals surface area contributed by atoms with E-state index in [0.717, 1.165) is 5.69 Å². The van der Waals surface area contributed by atoms with Crippen LogP contribution < -0.4 is 10.1 Å². The van der Waals surface area contributed by atoms with Crippen molar-refractivity contribution in [2.45, 2.75) is 30.9 Å². The Bertz CT molecular complexity index is 1310. The molecule has 0 saturated carbocycles. The lowest BCUT2D eigenvalue weighted by Crippen LogP contribution is -2.23. The average Bonchev–Trinajstić information content (AvgIpc) is 3.26. The Morgan fingerprint density at radius 2 is 1.69 bits per heavy atom. The van der Waals surface area contributed by atoms with Crippen molar-refractivity contribution in [1.29, 1.82) is 0 Å². The molecular formula is C26H23ClN4O3S. The number of nitrogens with zero attached hydrogens (tertiary/aromatic N) is 3. The van der Waals surface area contributed by atoms with Crippen LogP contribution >= 0.6 is 23.4 Å². The first kappa shape index (κ1) is 24.5. The number of ether oxygens (including phenoxy) is 1. The zero-order valence-corrected chi connectivity index (χ0v) is 20.7. The number of hydrogen-bond acceptors (Lipinski definition) is 6. The van der Waals surface area contributed by atoms with Gasteiger partial charge in [-0.1, -0.05) is 41.6 Å². The smallest absolute Gasteiger partial charge is 0.237 e. The van der Waals surface area contributed by atoms with Gasteiger partial charge in [0.1, 0.15) is 12.4 Å². The maximum atomic E-state index is 12.8. The van der Waals surface area contributed by atoms with E-state index in [-0.39, 0.29) is 18.3 Å². The quantitative estimate of drug-likeness (QED) is 0.227. The Hall–Kier alpha value is -3.62. The minimum atomic E-state index is -0.459. The second-order valence-corrected chi connectivity index (χ2v) is 9.44. The van der Waals surface area contributed by atoms with E-state index >= 15 is 0 Å². The van der Waals surface area contributed by atoms with Crippen molar-refractivity contribution >= 4 is 40.7 Å². The van der Waals surface area contributed by atoms with E-state index < -0.39 is 5.25 Å². The Morgan fingerprint density at radius 3 is 2.34 bits per heavy atom. The zero-order chi connectivity index (χ0) is 24.8. The molecule has 1 N–H and O–H groups in total. The minimum Gasteiger partial charge on any atom is -0.486 e. The lowest BCUT2D eigenvalue weighted by atomic mass is 10.1. The van der Waals surface area contributed by atoms with Crippen molar-refractivity contribution in [3.63, 3.8) is 0 Å². The van der Waals surface area contributed by atoms with Gasteiger partial charge in [0.25, 0.3) is 0 Å². The van der Waals surface area contributed by atoms with Crippen LogP contribution in [0.25, 0.3) is 5.69 Å². The van der Waals surface area contributed by atoms with Crippen molar-refractivity contribution in [3.05, 3.63) is 95.3 Å². The molecule has 1 amide bonds. The molecule has 0 aliphatic rings. The summed E-state index contributed by atoms with van der Waals surface area (Å²) >= 11 is 7.25. The van der Waals surface area contributed by atoms with Gasteiger partial charge >= 0.3 is 0 Å². The first-order valence-corrected chi connectivity index (χ1v) is 12.1. The third-order valence-electron chi connectivity index (χ3n) is 5.11. The van der Waals surface area contributed by atoms with E-state index in [1.54, 1.807) is 55.5 Å². The minimum absolute atomic E-state index is 0.0251. The molecule has 178 valence electrons. The third kappa shape index (κ3) is 6.29. The van der Waals surface area contributed by atoms with E-state index in [1.807, 2.05) is 34.9 Å². The number of anilines is 1. The maximum absolute atomic E-state index is 12.8. The standard InChI is InChI=1S/C26H23ClN4O3S/c1-17(32)19-8-12-21(13-9-19)28-25(33)18(2)35-26-30-29-24(31(26)22-6-4-3-5-7-22)16-34-23-14-10-20(27)11-15-23/h3-15,18H,16H2,1-2H3,(H,28,33)/t18-/m0/s1. The van der Waals surface area contributed by atoms with Gasteiger partial charge in [-0.3, -0.25) is 14.2 Å². The molecule has 9 heteroatoms. The van der Waals surface area contributed by atoms with Gasteiger partial charge in [0.15, 0.2) is 16.8 Å². The fourth-order valence-corrected chi connectivity index (χ4v) is 4.24. The van der Waals surface area contributed by atoms with Gasteiger partial charge in [-0.05, 0) is 74.5 Å². The second-order valence-electron chi connectivity index (χ2n) is 7.70. The van der Waals surface area contributed by atoms with Crippen molar-refractivity contribution in [2.24, 2.45) is 0 Å². The molecule has 1 atom stereocenters. The monoisotopic (exact) mass is 506 g/mol. The summed E-state index contributed by atoms with van der Waals surface area (Å²) in [5.41, 5.74) is 2.07. The zero-order valence-electron chi connectivity index (χ0n) is 19.1. The fourth-order valence-electron chi connectivity index (χ4n) is 3.23. The molecule has 0 unspecified atom stereocenters. The number of amides is 1. The SMILES string of the molecule is CC(=O)c1ccc(NC(=O)[C@H](C)Sc2nnc(COc3ccc(Cl)cc3)n2-c2ccccc2)cc1. The number of thioether (sulfide) groups is 1. The Balaban J connectivity index is 1.50. The molecule has 3 aromatic carbocycles. The highest BCUT2D eigenvalue weighted by Gasteiger charge is 2.21. The predicted molar refractivity (Wildman–Crippen MR) is 138 cm³/mol. The number of carbonyl (C=O) groups is 2. The highest BCUT2D eigenvalue weighted by Crippen LogP contribution is 2.27. The topological polar surface area (TPSA) is 86.1 Å². The van der Waals surface area contributed by atoms with Crippen LogP contribution in [0, 0.1) is 0 Å². The lowest BCUT2D eigenvalue weighted by molar-refractivity contribution is -0.115. The molecule has 0 saturated heterocycles. The van der Waals surface area contributed by atoms with Crippen LogP contribution in [0.1, 0.15) is 30.0 Å². The molecule has 0 spiro atoms. The molecule has 0 aliphatic carbocycles. The van der Waals surface area contributed by atoms with Gasteiger partial charge in [0.2, 0.25) is 5.91 Å². The third-order valence-corrected chi connectivity index (χ3v) is 6.40. The summed E-state index contributed by atoms with van der Waals surface area (Å²) in [6.45, 7) is 3.49. The van der Waals surface area contributed by atoms with Crippen LogP contribution in [-0.4, -0.2) is 31.7 Å². The predicted octanol–water partition coefficient (Wildman–Crippen LogP) is 5.82. The number of ketones is 1. The van der Waals surface area contributed by atoms with Gasteiger partial charge in [-0.2, -0.15) is 0 Å². The molecule has 4 rings (SSSR count). The molecule has 7 nitrogen and oxygen atoms in total. The van der Waals surface area contributed by atoms with Crippen molar-refractivity contribution in [2.75, 3.05) is 5.32 Å². The molecule has 0 bridgehead atoms. The van der Waals surface area contributed by atoms with Gasteiger partial charge < -0.3 is 10.1 Å². The first-order valence-electron chi connectivity index (χ1n) is 10.9. The summed E-state index contributed by atoms with van der Waals surface area (Å²) in [6.07, 6.45) is 0. The average molecular weight is 507 g/mol. The van der Waals surface area contributed by atoms with Crippen LogP contribution in [0.3, 0.4) is 0 Å². The number of hydrogen-bond donors (Lipinski definition) is 1. The Kier molecular flexibility index (Phi) is 7.84. The number of aromatic nitrogens is 3. The molecule has 1 heterocycles. The molecule has 4 aromatic rings. The number of para-hydroxylation sites is 1. The van der Waals surface area contributed by atoms with E-state index in [1.165, 1.54) is 18.7 Å². The van der Waals surface area contributed by atoms with E-state index in [2.05, 4.69) is 15.5 Å². The van der Waals surface area contributed by atoms with Gasteiger partial charge in [-0.25, -0.2) is 0 Å². The molecule has 0 radical (unpaired) electrons. The van der Waals surface area contributed by atoms with Gasteiger partial charge in [0.05, 0.1) is 5.25 Å². The highest BCUT2D eigenvalue weighted by molar-refractivity contribution is 8.00. The van der Waals surface area contributed by atoms with Crippen molar-refractivity contribution in [1.82, 2.24) is 14.8 Å². The summed E-state index contributed by atoms with van der Waals surface area (Å²) in [4.78, 5) is 24.3. The number of benzene rings is 3. The van der Waals surface area contributed by atoms with E-state index in [0.29, 0.717) is 33.0 Å². The summed E-state index contributed by atoms with van der Waals surface area (Å²) < 4.78 is 7.77. The van der Waals surface area contributed by atoms with Crippen molar-refractivity contribution in [3.8, 4) is 11.4 Å². The van der Waals surface area contributed by atoms with E-state index in [9.17, 15) is 9.59 Å². The normalized spacial score (nSPS) is 11.6. The fraction of sp³-hybridized carbons (Fsp3) is 0.154. The van der Waals surface area contributed by atoms with Gasteiger partial charge in [-0.15, -0.1) is 10.2 Å². The Morgan fingerprint density at radius 1 is 1.00 bits per heavy atom. The summed E-state index contributed by atoms with van der Waals surface area (Å²) in [5, 5.41) is 12.3. The number of Topliss-reactive ketones (excluding diaryl/α,β-unsaturated/α-hetero) is 1. The number of nitrogens with one attached hydrogen (secondary N) is 1. The lowest BCUT2D eigenvalue weighted by Gasteiger charge is -2.14. The summed E-state index contributed by atoms with van der Waals surface area (Å²) in [6, 6.07) is 23.6. The molecule has 0 fully saturated rings. The van der Waals surface area contributed by atoms with Crippen LogP contribution in [0.4, 0.5) is 5.69 Å². The number of rotatable bonds is 9. The number of halogens is 1. The first-order chi connectivity index (χ1) is 16.9. The molecule has 0 aliphatic heterocycles. The van der Waals surface area contributed by atoms with Gasteiger partial charge in [0, 0.05) is 22.0 Å². The molecular weight excluding hydrogens is 484 g/mol. The highest BCUT2D eigenvalue weighted by atomic mass is 35.5. The van der Waals surface area contributed by atoms with Crippen molar-refractivity contribution < 1.29 is 14.3 Å². The van der Waals surface area contributed by atoms with Crippen LogP contribution in [0.2, 0.25) is 5.02 Å². The largest absolute Gasteiger partial charge is 0.486 e. The second kappa shape index (κ2) is 11.2. The summed E-state index contributed by atoms with van der Waals surface area (Å²) in [7, 11) is 0. The summed E-state index contributed by atoms with van der Waals surface area (Å²) in [5.74, 6) is 1.05. The van der Waals surface area contributed by atoms with Crippen LogP contribution in [0.5, 0.6) is 5.75 Å². The van der Waals surface area contributed by atoms with E-state index in [4.69, 9.17) is 16.3 Å². The molecule has 35 heavy (non-hydrogen) atoms. The van der Waals surface area contributed by atoms with Crippen LogP contribution in [-0.2, 0) is 11.4 Å². The van der Waals surface area contributed by atoms with Crippen LogP contribution in [0.15, 0.2) is 84.0 Å². The maximum Gasteiger partial charge on any atom is 0.237 e.